The topological polar surface area (TPSA) is 84.5 Å². The second-order valence-corrected chi connectivity index (χ2v) is 9.95. The van der Waals surface area contributed by atoms with Crippen LogP contribution in [0.1, 0.15) is 31.4 Å². The summed E-state index contributed by atoms with van der Waals surface area (Å²) in [6.45, 7) is 4.70. The number of carbonyl (C=O) groups is 1. The van der Waals surface area contributed by atoms with Gasteiger partial charge < -0.3 is 10.1 Å². The van der Waals surface area contributed by atoms with E-state index in [1.165, 1.54) is 30.0 Å². The van der Waals surface area contributed by atoms with Gasteiger partial charge in [0.05, 0.1) is 12.7 Å². The molecule has 0 bridgehead atoms. The molecule has 0 aromatic heterocycles. The minimum Gasteiger partial charge on any atom is -0.374 e. The number of ether oxygens (including phenoxy) is 1. The summed E-state index contributed by atoms with van der Waals surface area (Å²) in [6, 6.07) is 11.7. The van der Waals surface area contributed by atoms with Crippen molar-refractivity contribution < 1.29 is 22.3 Å². The van der Waals surface area contributed by atoms with Crippen molar-refractivity contribution in [1.29, 1.82) is 0 Å². The number of halogens is 1. The zero-order valence-corrected chi connectivity index (χ0v) is 19.6. The molecule has 2 rings (SSSR count). The molecule has 1 unspecified atom stereocenters. The van der Waals surface area contributed by atoms with E-state index in [1.54, 1.807) is 0 Å². The summed E-state index contributed by atoms with van der Waals surface area (Å²) in [5, 5.41) is 2.77. The van der Waals surface area contributed by atoms with Crippen molar-refractivity contribution in [2.45, 2.75) is 50.5 Å². The third-order valence-electron chi connectivity index (χ3n) is 4.42. The molecule has 9 heteroatoms. The van der Waals surface area contributed by atoms with Gasteiger partial charge in [-0.25, -0.2) is 12.8 Å². The Morgan fingerprint density at radius 2 is 1.74 bits per heavy atom. The first-order valence-electron chi connectivity index (χ1n) is 9.96. The Hall–Kier alpha value is -1.94. The number of hydrogen-bond acceptors (Lipinski definition) is 5. The maximum absolute atomic E-state index is 14.0. The Morgan fingerprint density at radius 1 is 1.10 bits per heavy atom. The maximum Gasteiger partial charge on any atom is 0.244 e. The number of hydrogen-bond donors (Lipinski definition) is 2. The number of rotatable bonds is 12. The third-order valence-corrected chi connectivity index (χ3v) is 6.57. The normalized spacial score (nSPS) is 12.7. The van der Waals surface area contributed by atoms with Crippen molar-refractivity contribution in [3.8, 4) is 0 Å². The fourth-order valence-electron chi connectivity index (χ4n) is 2.72. The van der Waals surface area contributed by atoms with Crippen LogP contribution in [0, 0.1) is 5.82 Å². The van der Waals surface area contributed by atoms with Crippen molar-refractivity contribution in [1.82, 2.24) is 10.0 Å². The summed E-state index contributed by atoms with van der Waals surface area (Å²) in [4.78, 5) is 12.2. The highest BCUT2D eigenvalue weighted by atomic mass is 32.2. The van der Waals surface area contributed by atoms with Gasteiger partial charge in [-0.3, -0.25) is 4.79 Å². The van der Waals surface area contributed by atoms with E-state index in [0.717, 1.165) is 17.2 Å². The minimum atomic E-state index is -4.18. The van der Waals surface area contributed by atoms with E-state index in [2.05, 4.69) is 10.0 Å². The van der Waals surface area contributed by atoms with Crippen LogP contribution < -0.4 is 10.0 Å². The average molecular weight is 469 g/mol. The molecular weight excluding hydrogens is 439 g/mol. The maximum atomic E-state index is 14.0. The van der Waals surface area contributed by atoms with Crippen LogP contribution in [-0.2, 0) is 32.7 Å². The van der Waals surface area contributed by atoms with Crippen LogP contribution in [-0.4, -0.2) is 38.5 Å². The fraction of sp³-hybridized carbons (Fsp3) is 0.409. The molecule has 0 radical (unpaired) electrons. The summed E-state index contributed by atoms with van der Waals surface area (Å²) < 4.78 is 47.1. The van der Waals surface area contributed by atoms with Crippen LogP contribution in [0.4, 0.5) is 4.39 Å². The van der Waals surface area contributed by atoms with Gasteiger partial charge in [0.15, 0.2) is 0 Å². The van der Waals surface area contributed by atoms with E-state index in [4.69, 9.17) is 4.74 Å². The van der Waals surface area contributed by atoms with Crippen LogP contribution >= 0.6 is 11.8 Å². The molecule has 1 atom stereocenters. The molecule has 170 valence electrons. The predicted molar refractivity (Wildman–Crippen MR) is 122 cm³/mol. The highest BCUT2D eigenvalue weighted by Crippen LogP contribution is 2.15. The monoisotopic (exact) mass is 468 g/mol. The standard InChI is InChI=1S/C22H29FN2O4S2/c1-16(2)29-15-18-10-8-17(9-11-18)14-24-22(26)20(12-13-30-3)25-31(27,28)21-7-5-4-6-19(21)23/h4-11,16,20,25H,12-15H2,1-3H3,(H,24,26). The highest BCUT2D eigenvalue weighted by Gasteiger charge is 2.27. The first kappa shape index (κ1) is 25.3. The lowest BCUT2D eigenvalue weighted by Gasteiger charge is -2.18. The van der Waals surface area contributed by atoms with Gasteiger partial charge in [-0.05, 0) is 55.5 Å². The van der Waals surface area contributed by atoms with Gasteiger partial charge >= 0.3 is 0 Å². The smallest absolute Gasteiger partial charge is 0.244 e. The van der Waals surface area contributed by atoms with Crippen molar-refractivity contribution in [3.63, 3.8) is 0 Å². The van der Waals surface area contributed by atoms with E-state index >= 15 is 0 Å². The van der Waals surface area contributed by atoms with Gasteiger partial charge in [-0.2, -0.15) is 16.5 Å². The van der Waals surface area contributed by atoms with E-state index in [0.29, 0.717) is 12.4 Å². The van der Waals surface area contributed by atoms with Crippen LogP contribution in [0.15, 0.2) is 53.4 Å². The molecule has 6 nitrogen and oxygen atoms in total. The summed E-state index contributed by atoms with van der Waals surface area (Å²) in [5.74, 6) is -0.746. The molecule has 2 N–H and O–H groups in total. The summed E-state index contributed by atoms with van der Waals surface area (Å²) in [7, 11) is -4.18. The predicted octanol–water partition coefficient (Wildman–Crippen LogP) is 3.47. The first-order chi connectivity index (χ1) is 14.7. The molecule has 0 saturated heterocycles. The molecule has 0 fully saturated rings. The Kier molecular flexibility index (Phi) is 9.95. The van der Waals surface area contributed by atoms with E-state index in [1.807, 2.05) is 44.4 Å². The number of sulfonamides is 1. The lowest BCUT2D eigenvalue weighted by Crippen LogP contribution is -2.46. The van der Waals surface area contributed by atoms with Crippen molar-refractivity contribution in [2.75, 3.05) is 12.0 Å². The minimum absolute atomic E-state index is 0.144. The first-order valence-corrected chi connectivity index (χ1v) is 12.8. The summed E-state index contributed by atoms with van der Waals surface area (Å²) >= 11 is 1.49. The number of carbonyl (C=O) groups excluding carboxylic acids is 1. The molecular formula is C22H29FN2O4S2. The second-order valence-electron chi connectivity index (χ2n) is 7.28. The lowest BCUT2D eigenvalue weighted by atomic mass is 10.1. The van der Waals surface area contributed by atoms with Crippen LogP contribution in [0.2, 0.25) is 0 Å². The quantitative estimate of drug-likeness (QED) is 0.498. The third kappa shape index (κ3) is 8.25. The molecule has 1 amide bonds. The zero-order valence-electron chi connectivity index (χ0n) is 17.9. The molecule has 0 saturated carbocycles. The molecule has 0 aliphatic heterocycles. The summed E-state index contributed by atoms with van der Waals surface area (Å²) in [6.07, 6.45) is 2.29. The van der Waals surface area contributed by atoms with Crippen LogP contribution in [0.3, 0.4) is 0 Å². The van der Waals surface area contributed by atoms with Gasteiger partial charge in [0.2, 0.25) is 15.9 Å². The number of benzene rings is 2. The van der Waals surface area contributed by atoms with E-state index in [-0.39, 0.29) is 19.1 Å². The van der Waals surface area contributed by atoms with Gasteiger partial charge in [0.1, 0.15) is 16.8 Å². The Morgan fingerprint density at radius 3 is 2.35 bits per heavy atom. The molecule has 0 heterocycles. The second kappa shape index (κ2) is 12.2. The largest absolute Gasteiger partial charge is 0.374 e. The van der Waals surface area contributed by atoms with Gasteiger partial charge in [0.25, 0.3) is 0 Å². The summed E-state index contributed by atoms with van der Waals surface area (Å²) in [5.41, 5.74) is 1.90. The fourth-order valence-corrected chi connectivity index (χ4v) is 4.50. The van der Waals surface area contributed by atoms with Gasteiger partial charge in [0, 0.05) is 6.54 Å². The molecule has 0 spiro atoms. The molecule has 2 aromatic carbocycles. The molecule has 0 aliphatic carbocycles. The molecule has 2 aromatic rings. The number of amides is 1. The number of thioether (sulfide) groups is 1. The lowest BCUT2D eigenvalue weighted by molar-refractivity contribution is -0.122. The van der Waals surface area contributed by atoms with Crippen molar-refractivity contribution in [3.05, 3.63) is 65.5 Å². The van der Waals surface area contributed by atoms with E-state index < -0.39 is 32.7 Å². The molecule has 0 aliphatic rings. The Bertz CT molecular complexity index is 950. The SMILES string of the molecule is CSCCC(NS(=O)(=O)c1ccccc1F)C(=O)NCc1ccc(COC(C)C)cc1. The van der Waals surface area contributed by atoms with Crippen molar-refractivity contribution in [2.24, 2.45) is 0 Å². The van der Waals surface area contributed by atoms with E-state index in [9.17, 15) is 17.6 Å². The molecule has 31 heavy (non-hydrogen) atoms. The number of nitrogens with one attached hydrogen (secondary N) is 2. The Labute approximate surface area is 188 Å². The van der Waals surface area contributed by atoms with Crippen LogP contribution in [0.25, 0.3) is 0 Å². The Balaban J connectivity index is 2.02. The van der Waals surface area contributed by atoms with Crippen LogP contribution in [0.5, 0.6) is 0 Å². The zero-order chi connectivity index (χ0) is 22.9. The van der Waals surface area contributed by atoms with Gasteiger partial charge in [-0.15, -0.1) is 0 Å². The van der Waals surface area contributed by atoms with Gasteiger partial charge in [-0.1, -0.05) is 36.4 Å². The average Bonchev–Trinajstić information content (AvgIpc) is 2.74. The highest BCUT2D eigenvalue weighted by molar-refractivity contribution is 7.98. The van der Waals surface area contributed by atoms with Crippen molar-refractivity contribution >= 4 is 27.7 Å².